The Bertz CT molecular complexity index is 331. The van der Waals surface area contributed by atoms with Gasteiger partial charge in [-0.2, -0.15) is 11.8 Å². The van der Waals surface area contributed by atoms with Crippen LogP contribution in [-0.4, -0.2) is 46.0 Å². The highest BCUT2D eigenvalue weighted by Crippen LogP contribution is 2.32. The molecule has 1 amide bonds. The first-order valence-electron chi connectivity index (χ1n) is 7.26. The van der Waals surface area contributed by atoms with Gasteiger partial charge >= 0.3 is 5.97 Å². The molecule has 1 atom stereocenters. The van der Waals surface area contributed by atoms with Crippen LogP contribution in [-0.2, 0) is 9.59 Å². The van der Waals surface area contributed by atoms with Crippen LogP contribution in [0.3, 0.4) is 0 Å². The fourth-order valence-corrected chi connectivity index (χ4v) is 3.72. The lowest BCUT2D eigenvalue weighted by Gasteiger charge is -2.35. The first kappa shape index (κ1) is 14.7. The highest BCUT2D eigenvalue weighted by atomic mass is 32.2. The van der Waals surface area contributed by atoms with Crippen LogP contribution in [0, 0.1) is 5.92 Å². The van der Waals surface area contributed by atoms with Gasteiger partial charge in [-0.15, -0.1) is 0 Å². The van der Waals surface area contributed by atoms with Crippen molar-refractivity contribution in [2.45, 2.75) is 51.0 Å². The summed E-state index contributed by atoms with van der Waals surface area (Å²) in [5.74, 6) is 1.98. The lowest BCUT2D eigenvalue weighted by atomic mass is 9.98. The molecule has 1 saturated heterocycles. The first-order chi connectivity index (χ1) is 9.16. The number of rotatable bonds is 7. The van der Waals surface area contributed by atoms with Crippen LogP contribution < -0.4 is 0 Å². The maximum atomic E-state index is 12.2. The van der Waals surface area contributed by atoms with E-state index in [0.29, 0.717) is 12.2 Å². The van der Waals surface area contributed by atoms with Crippen LogP contribution in [0.2, 0.25) is 0 Å². The minimum absolute atomic E-state index is 0.152. The zero-order chi connectivity index (χ0) is 13.7. The van der Waals surface area contributed by atoms with Gasteiger partial charge in [0, 0.05) is 19.0 Å². The van der Waals surface area contributed by atoms with Gasteiger partial charge in [0.1, 0.15) is 0 Å². The molecule has 1 heterocycles. The van der Waals surface area contributed by atoms with Crippen LogP contribution in [0.25, 0.3) is 0 Å². The van der Waals surface area contributed by atoms with E-state index in [1.54, 1.807) is 11.8 Å². The van der Waals surface area contributed by atoms with E-state index in [4.69, 9.17) is 5.11 Å². The van der Waals surface area contributed by atoms with E-state index >= 15 is 0 Å². The molecule has 2 rings (SSSR count). The van der Waals surface area contributed by atoms with Crippen molar-refractivity contribution in [3.05, 3.63) is 0 Å². The van der Waals surface area contributed by atoms with Crippen molar-refractivity contribution in [2.75, 3.05) is 18.1 Å². The lowest BCUT2D eigenvalue weighted by Crippen LogP contribution is -2.44. The third-order valence-electron chi connectivity index (χ3n) is 3.91. The SMILES string of the molecule is O=C(O)CC[C@@H]1CCCCN1C(=O)CSCC1CC1. The molecular formula is C14H23NO3S. The summed E-state index contributed by atoms with van der Waals surface area (Å²) in [7, 11) is 0. The molecule has 0 unspecified atom stereocenters. The highest BCUT2D eigenvalue weighted by molar-refractivity contribution is 7.99. The summed E-state index contributed by atoms with van der Waals surface area (Å²) >= 11 is 1.74. The monoisotopic (exact) mass is 285 g/mol. The van der Waals surface area contributed by atoms with Gasteiger partial charge in [-0.3, -0.25) is 9.59 Å². The standard InChI is InChI=1S/C14H23NO3S/c16-13(10-19-9-11-4-5-11)15-8-2-1-3-12(15)6-7-14(17)18/h11-12H,1-10H2,(H,17,18)/t12-/m0/s1. The number of carbonyl (C=O) groups excluding carboxylic acids is 1. The Morgan fingerprint density at radius 2 is 2.00 bits per heavy atom. The maximum absolute atomic E-state index is 12.2. The largest absolute Gasteiger partial charge is 0.481 e. The Balaban J connectivity index is 1.75. The van der Waals surface area contributed by atoms with E-state index < -0.39 is 5.97 Å². The number of hydrogen-bond donors (Lipinski definition) is 1. The van der Waals surface area contributed by atoms with Crippen molar-refractivity contribution < 1.29 is 14.7 Å². The summed E-state index contributed by atoms with van der Waals surface area (Å²) < 4.78 is 0. The molecule has 0 radical (unpaired) electrons. The van der Waals surface area contributed by atoms with Gasteiger partial charge in [0.15, 0.2) is 0 Å². The Morgan fingerprint density at radius 1 is 1.21 bits per heavy atom. The fraction of sp³-hybridized carbons (Fsp3) is 0.857. The summed E-state index contributed by atoms with van der Waals surface area (Å²) in [5, 5.41) is 8.77. The number of thioether (sulfide) groups is 1. The van der Waals surface area contributed by atoms with Crippen molar-refractivity contribution in [3.63, 3.8) is 0 Å². The molecule has 108 valence electrons. The minimum Gasteiger partial charge on any atom is -0.481 e. The van der Waals surface area contributed by atoms with Crippen molar-refractivity contribution >= 4 is 23.6 Å². The van der Waals surface area contributed by atoms with Crippen LogP contribution in [0.5, 0.6) is 0 Å². The Morgan fingerprint density at radius 3 is 2.68 bits per heavy atom. The van der Waals surface area contributed by atoms with Crippen LogP contribution in [0.1, 0.15) is 44.9 Å². The van der Waals surface area contributed by atoms with Crippen molar-refractivity contribution in [3.8, 4) is 0 Å². The summed E-state index contributed by atoms with van der Waals surface area (Å²) in [6.07, 6.45) is 6.56. The van der Waals surface area contributed by atoms with E-state index in [-0.39, 0.29) is 18.4 Å². The zero-order valence-corrected chi connectivity index (χ0v) is 12.2. The van der Waals surface area contributed by atoms with Gasteiger partial charge in [-0.25, -0.2) is 0 Å². The summed E-state index contributed by atoms with van der Waals surface area (Å²) in [5.41, 5.74) is 0. The molecular weight excluding hydrogens is 262 g/mol. The topological polar surface area (TPSA) is 57.6 Å². The molecule has 2 fully saturated rings. The molecule has 19 heavy (non-hydrogen) atoms. The predicted molar refractivity (Wildman–Crippen MR) is 76.3 cm³/mol. The number of nitrogens with zero attached hydrogens (tertiary/aromatic N) is 1. The number of piperidine rings is 1. The van der Waals surface area contributed by atoms with E-state index in [1.165, 1.54) is 12.8 Å². The van der Waals surface area contributed by atoms with Crippen molar-refractivity contribution in [1.82, 2.24) is 4.90 Å². The smallest absolute Gasteiger partial charge is 0.303 e. The third-order valence-corrected chi connectivity index (χ3v) is 5.07. The van der Waals surface area contributed by atoms with Gasteiger partial charge in [0.05, 0.1) is 5.75 Å². The maximum Gasteiger partial charge on any atom is 0.303 e. The van der Waals surface area contributed by atoms with Crippen molar-refractivity contribution in [1.29, 1.82) is 0 Å². The number of carbonyl (C=O) groups is 2. The number of carboxylic acid groups (broad SMARTS) is 1. The minimum atomic E-state index is -0.763. The zero-order valence-electron chi connectivity index (χ0n) is 11.3. The molecule has 0 bridgehead atoms. The van der Waals surface area contributed by atoms with Gasteiger partial charge in [0.2, 0.25) is 5.91 Å². The van der Waals surface area contributed by atoms with Gasteiger partial charge < -0.3 is 10.0 Å². The van der Waals surface area contributed by atoms with E-state index in [2.05, 4.69) is 0 Å². The van der Waals surface area contributed by atoms with Crippen LogP contribution in [0.4, 0.5) is 0 Å². The number of hydrogen-bond acceptors (Lipinski definition) is 3. The lowest BCUT2D eigenvalue weighted by molar-refractivity contribution is -0.139. The molecule has 5 heteroatoms. The van der Waals surface area contributed by atoms with Crippen LogP contribution >= 0.6 is 11.8 Å². The second kappa shape index (κ2) is 7.17. The number of likely N-dealkylation sites (tertiary alicyclic amines) is 1. The summed E-state index contributed by atoms with van der Waals surface area (Å²) in [6, 6.07) is 0.152. The predicted octanol–water partition coefficient (Wildman–Crippen LogP) is 2.38. The molecule has 4 nitrogen and oxygen atoms in total. The number of aliphatic carboxylic acids is 1. The third kappa shape index (κ3) is 5.05. The van der Waals surface area contributed by atoms with E-state index in [9.17, 15) is 9.59 Å². The average molecular weight is 285 g/mol. The van der Waals surface area contributed by atoms with E-state index in [1.807, 2.05) is 4.90 Å². The van der Waals surface area contributed by atoms with Crippen molar-refractivity contribution in [2.24, 2.45) is 5.92 Å². The molecule has 0 spiro atoms. The second-order valence-electron chi connectivity index (χ2n) is 5.63. The first-order valence-corrected chi connectivity index (χ1v) is 8.41. The molecule has 2 aliphatic rings. The van der Waals surface area contributed by atoms with Gasteiger partial charge in [-0.05, 0) is 50.2 Å². The Kier molecular flexibility index (Phi) is 5.55. The molecule has 1 aliphatic carbocycles. The number of carboxylic acids is 1. The highest BCUT2D eigenvalue weighted by Gasteiger charge is 2.27. The quantitative estimate of drug-likeness (QED) is 0.780. The van der Waals surface area contributed by atoms with E-state index in [0.717, 1.165) is 37.5 Å². The normalized spacial score (nSPS) is 23.4. The fourth-order valence-electron chi connectivity index (χ4n) is 2.60. The van der Waals surface area contributed by atoms with Gasteiger partial charge in [-0.1, -0.05) is 0 Å². The molecule has 0 aromatic heterocycles. The summed E-state index contributed by atoms with van der Waals surface area (Å²) in [4.78, 5) is 24.8. The number of amides is 1. The average Bonchev–Trinajstić information content (AvgIpc) is 3.20. The van der Waals surface area contributed by atoms with Crippen LogP contribution in [0.15, 0.2) is 0 Å². The van der Waals surface area contributed by atoms with Gasteiger partial charge in [0.25, 0.3) is 0 Å². The summed E-state index contributed by atoms with van der Waals surface area (Å²) in [6.45, 7) is 0.813. The molecule has 1 aliphatic heterocycles. The second-order valence-corrected chi connectivity index (χ2v) is 6.66. The Hall–Kier alpha value is -0.710. The Labute approximate surface area is 118 Å². The molecule has 0 aromatic carbocycles. The molecule has 0 aromatic rings. The molecule has 1 N–H and O–H groups in total. The molecule has 1 saturated carbocycles.